The number of ether oxygens (including phenoxy) is 1. The van der Waals surface area contributed by atoms with Crippen LogP contribution in [-0.2, 0) is 11.3 Å². The standard InChI is InChI=1S/C18H28N2O3/c1-3-14(2)17(21)12-19-18(22)16-6-4-5-15(11-16)13-20-7-9-23-10-8-20/h4-6,11,14,17,21H,3,7-10,12-13H2,1-2H3,(H,19,22). The molecule has 1 aromatic carbocycles. The Labute approximate surface area is 138 Å². The van der Waals surface area contributed by atoms with E-state index in [0.29, 0.717) is 12.1 Å². The zero-order valence-corrected chi connectivity index (χ0v) is 14.1. The Morgan fingerprint density at radius 3 is 2.83 bits per heavy atom. The summed E-state index contributed by atoms with van der Waals surface area (Å²) in [7, 11) is 0. The largest absolute Gasteiger partial charge is 0.391 e. The van der Waals surface area contributed by atoms with Crippen molar-refractivity contribution in [2.45, 2.75) is 32.9 Å². The third-order valence-corrected chi connectivity index (χ3v) is 4.47. The van der Waals surface area contributed by atoms with Gasteiger partial charge in [0.15, 0.2) is 0 Å². The molecule has 5 heteroatoms. The van der Waals surface area contributed by atoms with E-state index < -0.39 is 6.10 Å². The first-order valence-electron chi connectivity index (χ1n) is 8.45. The average Bonchev–Trinajstić information content (AvgIpc) is 2.59. The van der Waals surface area contributed by atoms with Crippen molar-refractivity contribution in [3.8, 4) is 0 Å². The molecule has 2 N–H and O–H groups in total. The van der Waals surface area contributed by atoms with Crippen LogP contribution in [0.4, 0.5) is 0 Å². The molecule has 1 aromatic rings. The molecule has 0 aromatic heterocycles. The van der Waals surface area contributed by atoms with Crippen LogP contribution in [0.5, 0.6) is 0 Å². The summed E-state index contributed by atoms with van der Waals surface area (Å²) < 4.78 is 5.35. The smallest absolute Gasteiger partial charge is 0.251 e. The second kappa shape index (κ2) is 9.01. The maximum Gasteiger partial charge on any atom is 0.251 e. The Morgan fingerprint density at radius 1 is 1.39 bits per heavy atom. The van der Waals surface area contributed by atoms with Crippen LogP contribution in [-0.4, -0.2) is 54.9 Å². The van der Waals surface area contributed by atoms with Crippen LogP contribution < -0.4 is 5.32 Å². The molecule has 2 unspecified atom stereocenters. The zero-order valence-electron chi connectivity index (χ0n) is 14.1. The summed E-state index contributed by atoms with van der Waals surface area (Å²) in [4.78, 5) is 14.6. The van der Waals surface area contributed by atoms with Gasteiger partial charge in [-0.25, -0.2) is 0 Å². The first kappa shape index (κ1) is 17.9. The molecule has 128 valence electrons. The number of carbonyl (C=O) groups excluding carboxylic acids is 1. The first-order chi connectivity index (χ1) is 11.1. The van der Waals surface area contributed by atoms with Crippen molar-refractivity contribution in [1.29, 1.82) is 0 Å². The zero-order chi connectivity index (χ0) is 16.7. The minimum absolute atomic E-state index is 0.129. The van der Waals surface area contributed by atoms with Gasteiger partial charge in [-0.15, -0.1) is 0 Å². The fourth-order valence-electron chi connectivity index (χ4n) is 2.60. The summed E-state index contributed by atoms with van der Waals surface area (Å²) >= 11 is 0. The van der Waals surface area contributed by atoms with Crippen molar-refractivity contribution in [2.75, 3.05) is 32.8 Å². The number of amides is 1. The average molecular weight is 320 g/mol. The van der Waals surface area contributed by atoms with E-state index in [4.69, 9.17) is 4.74 Å². The summed E-state index contributed by atoms with van der Waals surface area (Å²) in [6.45, 7) is 8.54. The lowest BCUT2D eigenvalue weighted by Crippen LogP contribution is -2.36. The molecule has 1 fully saturated rings. The highest BCUT2D eigenvalue weighted by Crippen LogP contribution is 2.11. The van der Waals surface area contributed by atoms with Crippen LogP contribution in [0.2, 0.25) is 0 Å². The van der Waals surface area contributed by atoms with E-state index in [9.17, 15) is 9.90 Å². The van der Waals surface area contributed by atoms with E-state index in [-0.39, 0.29) is 11.8 Å². The van der Waals surface area contributed by atoms with E-state index >= 15 is 0 Å². The highest BCUT2D eigenvalue weighted by Gasteiger charge is 2.15. The number of rotatable bonds is 7. The Bertz CT molecular complexity index is 501. The third-order valence-electron chi connectivity index (χ3n) is 4.47. The molecule has 0 bridgehead atoms. The molecular weight excluding hydrogens is 292 g/mol. The van der Waals surface area contributed by atoms with Crippen LogP contribution in [0.25, 0.3) is 0 Å². The second-order valence-electron chi connectivity index (χ2n) is 6.25. The number of morpholine rings is 1. The van der Waals surface area contributed by atoms with Crippen LogP contribution >= 0.6 is 0 Å². The van der Waals surface area contributed by atoms with Gasteiger partial charge in [0, 0.05) is 31.7 Å². The Hall–Kier alpha value is -1.43. The van der Waals surface area contributed by atoms with Crippen molar-refractivity contribution >= 4 is 5.91 Å². The van der Waals surface area contributed by atoms with Crippen molar-refractivity contribution in [1.82, 2.24) is 10.2 Å². The molecule has 1 heterocycles. The maximum absolute atomic E-state index is 12.2. The highest BCUT2D eigenvalue weighted by molar-refractivity contribution is 5.94. The SMILES string of the molecule is CCC(C)C(O)CNC(=O)c1cccc(CN2CCOCC2)c1. The van der Waals surface area contributed by atoms with E-state index in [1.807, 2.05) is 38.1 Å². The van der Waals surface area contributed by atoms with E-state index in [1.54, 1.807) is 0 Å². The predicted octanol–water partition coefficient (Wildman–Crippen LogP) is 1.66. The van der Waals surface area contributed by atoms with Crippen LogP contribution in [0.3, 0.4) is 0 Å². The van der Waals surface area contributed by atoms with Gasteiger partial charge in [0.05, 0.1) is 19.3 Å². The number of aliphatic hydroxyl groups excluding tert-OH is 1. The molecule has 2 rings (SSSR count). The molecule has 2 atom stereocenters. The molecule has 1 aliphatic heterocycles. The van der Waals surface area contributed by atoms with Gasteiger partial charge in [0.2, 0.25) is 0 Å². The van der Waals surface area contributed by atoms with Crippen molar-refractivity contribution < 1.29 is 14.6 Å². The maximum atomic E-state index is 12.2. The first-order valence-corrected chi connectivity index (χ1v) is 8.45. The number of nitrogens with one attached hydrogen (secondary N) is 1. The molecule has 0 spiro atoms. The van der Waals surface area contributed by atoms with Gasteiger partial charge in [-0.2, -0.15) is 0 Å². The summed E-state index contributed by atoms with van der Waals surface area (Å²) in [5, 5.41) is 12.8. The minimum Gasteiger partial charge on any atom is -0.391 e. The molecule has 1 saturated heterocycles. The summed E-state index contributed by atoms with van der Waals surface area (Å²) in [6, 6.07) is 7.70. The van der Waals surface area contributed by atoms with E-state index in [2.05, 4.69) is 10.2 Å². The molecular formula is C18H28N2O3. The topological polar surface area (TPSA) is 61.8 Å². The van der Waals surface area contributed by atoms with Gasteiger partial charge < -0.3 is 15.2 Å². The Morgan fingerprint density at radius 2 is 2.13 bits per heavy atom. The lowest BCUT2D eigenvalue weighted by Gasteiger charge is -2.26. The summed E-state index contributed by atoms with van der Waals surface area (Å²) in [6.07, 6.45) is 0.395. The lowest BCUT2D eigenvalue weighted by molar-refractivity contribution is 0.0342. The van der Waals surface area contributed by atoms with Crippen molar-refractivity contribution in [3.05, 3.63) is 35.4 Å². The van der Waals surface area contributed by atoms with E-state index in [1.165, 1.54) is 0 Å². The molecule has 1 aliphatic rings. The van der Waals surface area contributed by atoms with Gasteiger partial charge in [-0.05, 0) is 23.6 Å². The highest BCUT2D eigenvalue weighted by atomic mass is 16.5. The van der Waals surface area contributed by atoms with Gasteiger partial charge in [-0.1, -0.05) is 32.4 Å². The fourth-order valence-corrected chi connectivity index (χ4v) is 2.60. The van der Waals surface area contributed by atoms with Crippen LogP contribution in [0.15, 0.2) is 24.3 Å². The number of benzene rings is 1. The number of nitrogens with zero attached hydrogens (tertiary/aromatic N) is 1. The lowest BCUT2D eigenvalue weighted by atomic mass is 10.0. The van der Waals surface area contributed by atoms with Gasteiger partial charge in [0.1, 0.15) is 0 Å². The monoisotopic (exact) mass is 320 g/mol. The summed E-state index contributed by atoms with van der Waals surface area (Å²) in [5.74, 6) is 0.0548. The quantitative estimate of drug-likeness (QED) is 0.802. The third kappa shape index (κ3) is 5.61. The molecule has 0 aliphatic carbocycles. The fraction of sp³-hybridized carbons (Fsp3) is 0.611. The van der Waals surface area contributed by atoms with Gasteiger partial charge in [0.25, 0.3) is 5.91 Å². The normalized spacial score (nSPS) is 18.4. The van der Waals surface area contributed by atoms with E-state index in [0.717, 1.165) is 44.8 Å². The second-order valence-corrected chi connectivity index (χ2v) is 6.25. The number of hydrogen-bond donors (Lipinski definition) is 2. The van der Waals surface area contributed by atoms with Gasteiger partial charge in [-0.3, -0.25) is 9.69 Å². The molecule has 1 amide bonds. The molecule has 23 heavy (non-hydrogen) atoms. The molecule has 5 nitrogen and oxygen atoms in total. The Balaban J connectivity index is 1.89. The number of aliphatic hydroxyl groups is 1. The summed E-state index contributed by atoms with van der Waals surface area (Å²) in [5.41, 5.74) is 1.77. The number of carbonyl (C=O) groups is 1. The van der Waals surface area contributed by atoms with Crippen molar-refractivity contribution in [3.63, 3.8) is 0 Å². The van der Waals surface area contributed by atoms with Gasteiger partial charge >= 0.3 is 0 Å². The van der Waals surface area contributed by atoms with Crippen LogP contribution in [0, 0.1) is 5.92 Å². The molecule has 0 saturated carbocycles. The molecule has 0 radical (unpaired) electrons. The predicted molar refractivity (Wildman–Crippen MR) is 90.3 cm³/mol. The minimum atomic E-state index is -0.500. The Kier molecular flexibility index (Phi) is 7.02. The number of hydrogen-bond acceptors (Lipinski definition) is 4. The van der Waals surface area contributed by atoms with Crippen LogP contribution in [0.1, 0.15) is 36.2 Å². The van der Waals surface area contributed by atoms with Crippen molar-refractivity contribution in [2.24, 2.45) is 5.92 Å².